The van der Waals surface area contributed by atoms with Crippen LogP contribution in [0.4, 0.5) is 0 Å². The fourth-order valence-electron chi connectivity index (χ4n) is 0.974. The molecule has 0 saturated heterocycles. The van der Waals surface area contributed by atoms with Crippen LogP contribution in [0.2, 0.25) is 0 Å². The van der Waals surface area contributed by atoms with Crippen LogP contribution >= 0.6 is 15.9 Å². The van der Waals surface area contributed by atoms with Gasteiger partial charge in [-0.05, 0) is 35.7 Å². The van der Waals surface area contributed by atoms with E-state index in [2.05, 4.69) is 20.9 Å². The lowest BCUT2D eigenvalue weighted by atomic mass is 10.3. The number of rotatable bonds is 2. The molecule has 1 saturated carbocycles. The maximum atomic E-state index is 5.67. The average Bonchev–Trinajstić information content (AvgIpc) is 2.81. The molecule has 0 spiro atoms. The zero-order valence-electron chi connectivity index (χ0n) is 6.88. The Kier molecular flexibility index (Phi) is 2.05. The highest BCUT2D eigenvalue weighted by molar-refractivity contribution is 9.10. The molecule has 0 aliphatic heterocycles. The van der Waals surface area contributed by atoms with Crippen molar-refractivity contribution in [1.82, 2.24) is 4.98 Å². The van der Waals surface area contributed by atoms with E-state index in [9.17, 15) is 0 Å². The highest BCUT2D eigenvalue weighted by Crippen LogP contribution is 2.29. The summed E-state index contributed by atoms with van der Waals surface area (Å²) < 4.78 is 6.50. The van der Waals surface area contributed by atoms with Crippen LogP contribution in [0.5, 0.6) is 5.75 Å². The van der Waals surface area contributed by atoms with Gasteiger partial charge in [-0.2, -0.15) is 0 Å². The third-order valence-corrected chi connectivity index (χ3v) is 2.27. The van der Waals surface area contributed by atoms with Crippen LogP contribution in [0.1, 0.15) is 18.4 Å². The average molecular weight is 228 g/mol. The number of ether oxygens (including phenoxy) is 1. The molecule has 0 amide bonds. The first-order chi connectivity index (χ1) is 5.75. The second-order valence-corrected chi connectivity index (χ2v) is 3.90. The number of halogens is 1. The van der Waals surface area contributed by atoms with Crippen LogP contribution in [-0.4, -0.2) is 11.1 Å². The number of hydrogen-bond acceptors (Lipinski definition) is 2. The molecule has 0 N–H and O–H groups in total. The summed E-state index contributed by atoms with van der Waals surface area (Å²) in [5.74, 6) is 0.958. The van der Waals surface area contributed by atoms with Crippen molar-refractivity contribution in [3.63, 3.8) is 0 Å². The number of aryl methyl sites for hydroxylation is 1. The van der Waals surface area contributed by atoms with E-state index in [1.807, 2.05) is 19.2 Å². The Labute approximate surface area is 80.1 Å². The second kappa shape index (κ2) is 3.05. The molecule has 3 heteroatoms. The summed E-state index contributed by atoms with van der Waals surface area (Å²) in [7, 11) is 0. The van der Waals surface area contributed by atoms with Gasteiger partial charge in [-0.25, -0.2) is 4.98 Å². The van der Waals surface area contributed by atoms with Crippen molar-refractivity contribution >= 4 is 15.9 Å². The lowest BCUT2D eigenvalue weighted by Gasteiger charge is -2.06. The summed E-state index contributed by atoms with van der Waals surface area (Å²) in [6.45, 7) is 2.01. The molecule has 0 unspecified atom stereocenters. The molecule has 1 aliphatic carbocycles. The molecule has 1 aromatic rings. The van der Waals surface area contributed by atoms with Crippen molar-refractivity contribution in [2.24, 2.45) is 0 Å². The lowest BCUT2D eigenvalue weighted by Crippen LogP contribution is -1.98. The fraction of sp³-hybridized carbons (Fsp3) is 0.444. The minimum absolute atomic E-state index is 0.456. The van der Waals surface area contributed by atoms with Crippen molar-refractivity contribution in [2.45, 2.75) is 25.9 Å². The SMILES string of the molecule is Cc1cnc(Br)cc1OC1CC1. The van der Waals surface area contributed by atoms with Gasteiger partial charge < -0.3 is 4.74 Å². The van der Waals surface area contributed by atoms with Crippen LogP contribution in [0.15, 0.2) is 16.9 Å². The molecule has 1 aromatic heterocycles. The molecule has 2 rings (SSSR count). The van der Waals surface area contributed by atoms with Crippen LogP contribution < -0.4 is 4.74 Å². The third kappa shape index (κ3) is 1.78. The molecule has 2 nitrogen and oxygen atoms in total. The topological polar surface area (TPSA) is 22.1 Å². The monoisotopic (exact) mass is 227 g/mol. The summed E-state index contributed by atoms with van der Waals surface area (Å²) >= 11 is 3.32. The van der Waals surface area contributed by atoms with E-state index in [0.29, 0.717) is 6.10 Å². The van der Waals surface area contributed by atoms with Crippen LogP contribution in [0.3, 0.4) is 0 Å². The maximum absolute atomic E-state index is 5.67. The second-order valence-electron chi connectivity index (χ2n) is 3.09. The number of aromatic nitrogens is 1. The molecule has 64 valence electrons. The van der Waals surface area contributed by atoms with Gasteiger partial charge >= 0.3 is 0 Å². The van der Waals surface area contributed by atoms with Gasteiger partial charge in [0.05, 0.1) is 6.10 Å². The fourth-order valence-corrected chi connectivity index (χ4v) is 1.28. The number of hydrogen-bond donors (Lipinski definition) is 0. The summed E-state index contributed by atoms with van der Waals surface area (Å²) in [4.78, 5) is 4.10. The molecule has 0 radical (unpaired) electrons. The van der Waals surface area contributed by atoms with Crippen molar-refractivity contribution in [2.75, 3.05) is 0 Å². The highest BCUT2D eigenvalue weighted by atomic mass is 79.9. The van der Waals surface area contributed by atoms with E-state index >= 15 is 0 Å². The van der Waals surface area contributed by atoms with Gasteiger partial charge in [0.15, 0.2) is 0 Å². The minimum atomic E-state index is 0.456. The Bertz CT molecular complexity index is 297. The first-order valence-corrected chi connectivity index (χ1v) is 4.84. The first-order valence-electron chi connectivity index (χ1n) is 4.04. The third-order valence-electron chi connectivity index (χ3n) is 1.84. The van der Waals surface area contributed by atoms with E-state index in [1.54, 1.807) is 0 Å². The normalized spacial score (nSPS) is 16.2. The van der Waals surface area contributed by atoms with Gasteiger partial charge in [-0.15, -0.1) is 0 Å². The van der Waals surface area contributed by atoms with Crippen molar-refractivity contribution < 1.29 is 4.74 Å². The summed E-state index contributed by atoms with van der Waals surface area (Å²) in [6.07, 6.45) is 4.67. The highest BCUT2D eigenvalue weighted by Gasteiger charge is 2.24. The van der Waals surface area contributed by atoms with Gasteiger partial charge in [0, 0.05) is 17.8 Å². The van der Waals surface area contributed by atoms with Crippen LogP contribution in [0.25, 0.3) is 0 Å². The van der Waals surface area contributed by atoms with Gasteiger partial charge in [-0.1, -0.05) is 0 Å². The molecule has 1 heterocycles. The van der Waals surface area contributed by atoms with Gasteiger partial charge in [-0.3, -0.25) is 0 Å². The zero-order valence-corrected chi connectivity index (χ0v) is 8.47. The van der Waals surface area contributed by atoms with Gasteiger partial charge in [0.1, 0.15) is 10.4 Å². The van der Waals surface area contributed by atoms with Crippen LogP contribution in [0, 0.1) is 6.92 Å². The van der Waals surface area contributed by atoms with E-state index in [1.165, 1.54) is 12.8 Å². The molecule has 1 fully saturated rings. The Morgan fingerprint density at radius 1 is 1.58 bits per heavy atom. The number of nitrogens with zero attached hydrogens (tertiary/aromatic N) is 1. The van der Waals surface area contributed by atoms with Crippen molar-refractivity contribution in [3.8, 4) is 5.75 Å². The lowest BCUT2D eigenvalue weighted by molar-refractivity contribution is 0.300. The molecule has 12 heavy (non-hydrogen) atoms. The molecule has 0 atom stereocenters. The van der Waals surface area contributed by atoms with E-state index < -0.39 is 0 Å². The Morgan fingerprint density at radius 2 is 2.33 bits per heavy atom. The Hall–Kier alpha value is -0.570. The summed E-state index contributed by atoms with van der Waals surface area (Å²) in [5, 5.41) is 0. The smallest absolute Gasteiger partial charge is 0.126 e. The minimum Gasteiger partial charge on any atom is -0.490 e. The molecule has 0 bridgehead atoms. The van der Waals surface area contributed by atoms with E-state index in [4.69, 9.17) is 4.74 Å². The largest absolute Gasteiger partial charge is 0.490 e. The molecular formula is C9H10BrNO. The predicted molar refractivity (Wildman–Crippen MR) is 50.3 cm³/mol. The first kappa shape index (κ1) is 8.05. The number of pyridine rings is 1. The molecule has 1 aliphatic rings. The Morgan fingerprint density at radius 3 is 3.00 bits per heavy atom. The van der Waals surface area contributed by atoms with Gasteiger partial charge in [0.25, 0.3) is 0 Å². The van der Waals surface area contributed by atoms with E-state index in [0.717, 1.165) is 15.9 Å². The van der Waals surface area contributed by atoms with Crippen molar-refractivity contribution in [3.05, 3.63) is 22.4 Å². The quantitative estimate of drug-likeness (QED) is 0.726. The van der Waals surface area contributed by atoms with E-state index in [-0.39, 0.29) is 0 Å². The standard InChI is InChI=1S/C9H10BrNO/c1-6-5-11-9(10)4-8(6)12-7-2-3-7/h4-5,7H,2-3H2,1H3. The van der Waals surface area contributed by atoms with Gasteiger partial charge in [0.2, 0.25) is 0 Å². The Balaban J connectivity index is 2.21. The zero-order chi connectivity index (χ0) is 8.55. The molecular weight excluding hydrogens is 218 g/mol. The van der Waals surface area contributed by atoms with Crippen molar-refractivity contribution in [1.29, 1.82) is 0 Å². The maximum Gasteiger partial charge on any atom is 0.126 e. The molecule has 0 aromatic carbocycles. The predicted octanol–water partition coefficient (Wildman–Crippen LogP) is 2.69. The summed E-state index contributed by atoms with van der Waals surface area (Å²) in [5.41, 5.74) is 1.10. The van der Waals surface area contributed by atoms with Crippen LogP contribution in [-0.2, 0) is 0 Å². The summed E-state index contributed by atoms with van der Waals surface area (Å²) in [6, 6.07) is 1.92.